The first-order valence-electron chi connectivity index (χ1n) is 7.26. The largest absolute Gasteiger partial charge is 0.497 e. The number of carbonyl (C=O) groups excluding carboxylic acids is 1. The molecule has 0 fully saturated rings. The predicted molar refractivity (Wildman–Crippen MR) is 96.0 cm³/mol. The second-order valence-electron chi connectivity index (χ2n) is 4.87. The summed E-state index contributed by atoms with van der Waals surface area (Å²) in [6.07, 6.45) is 3.23. The summed E-state index contributed by atoms with van der Waals surface area (Å²) in [5.74, 6) is 0.541. The van der Waals surface area contributed by atoms with Crippen molar-refractivity contribution < 1.29 is 9.53 Å². The maximum absolute atomic E-state index is 11.9. The maximum Gasteiger partial charge on any atom is 0.250 e. The van der Waals surface area contributed by atoms with Crippen LogP contribution in [0.3, 0.4) is 0 Å². The van der Waals surface area contributed by atoms with Crippen molar-refractivity contribution in [2.24, 2.45) is 0 Å². The Balaban J connectivity index is 1.65. The minimum Gasteiger partial charge on any atom is -0.497 e. The molecule has 1 aromatic heterocycles. The molecule has 0 aliphatic carbocycles. The standard InChI is InChI=1S/C18H15N3O2S/c1-23-15-10-8-14(9-11-15)17-20-21-18(24-17)19-16(22)12-7-13-5-3-2-4-6-13/h2-12H,1H3,(H,19,21,22)/b12-7+. The zero-order chi connectivity index (χ0) is 16.8. The maximum atomic E-state index is 11.9. The first-order chi connectivity index (χ1) is 11.7. The number of ether oxygens (including phenoxy) is 1. The van der Waals surface area contributed by atoms with E-state index in [-0.39, 0.29) is 5.91 Å². The van der Waals surface area contributed by atoms with Gasteiger partial charge in [-0.05, 0) is 35.9 Å². The van der Waals surface area contributed by atoms with Gasteiger partial charge >= 0.3 is 0 Å². The van der Waals surface area contributed by atoms with Crippen LogP contribution < -0.4 is 10.1 Å². The van der Waals surface area contributed by atoms with E-state index in [1.165, 1.54) is 17.4 Å². The average Bonchev–Trinajstić information content (AvgIpc) is 3.09. The number of amides is 1. The van der Waals surface area contributed by atoms with Gasteiger partial charge in [-0.3, -0.25) is 10.1 Å². The van der Waals surface area contributed by atoms with Crippen molar-refractivity contribution in [2.45, 2.75) is 0 Å². The van der Waals surface area contributed by atoms with Gasteiger partial charge in [0.05, 0.1) is 7.11 Å². The molecule has 1 N–H and O–H groups in total. The monoisotopic (exact) mass is 337 g/mol. The summed E-state index contributed by atoms with van der Waals surface area (Å²) in [6, 6.07) is 17.1. The Bertz CT molecular complexity index is 842. The van der Waals surface area contributed by atoms with Gasteiger partial charge < -0.3 is 4.74 Å². The first kappa shape index (κ1) is 15.9. The zero-order valence-electron chi connectivity index (χ0n) is 13.0. The Morgan fingerprint density at radius 2 is 1.83 bits per heavy atom. The van der Waals surface area contributed by atoms with Crippen molar-refractivity contribution in [1.82, 2.24) is 10.2 Å². The molecule has 3 aromatic rings. The summed E-state index contributed by atoms with van der Waals surface area (Å²) >= 11 is 1.32. The van der Waals surface area contributed by atoms with Crippen LogP contribution in [-0.4, -0.2) is 23.2 Å². The van der Waals surface area contributed by atoms with Crippen LogP contribution in [0.5, 0.6) is 5.75 Å². The molecule has 6 heteroatoms. The van der Waals surface area contributed by atoms with E-state index in [0.29, 0.717) is 5.13 Å². The molecule has 0 aliphatic heterocycles. The summed E-state index contributed by atoms with van der Waals surface area (Å²) < 4.78 is 5.13. The summed E-state index contributed by atoms with van der Waals surface area (Å²) in [5, 5.41) is 12.0. The molecule has 0 saturated heterocycles. The summed E-state index contributed by atoms with van der Waals surface area (Å²) in [7, 11) is 1.62. The number of hydrogen-bond donors (Lipinski definition) is 1. The lowest BCUT2D eigenvalue weighted by Gasteiger charge is -1.99. The molecule has 0 atom stereocenters. The van der Waals surface area contributed by atoms with Crippen LogP contribution in [0.4, 0.5) is 5.13 Å². The van der Waals surface area contributed by atoms with E-state index in [1.54, 1.807) is 13.2 Å². The molecular weight excluding hydrogens is 322 g/mol. The Morgan fingerprint density at radius 1 is 1.08 bits per heavy atom. The quantitative estimate of drug-likeness (QED) is 0.718. The van der Waals surface area contributed by atoms with E-state index in [2.05, 4.69) is 15.5 Å². The van der Waals surface area contributed by atoms with Gasteiger partial charge in [0.25, 0.3) is 0 Å². The highest BCUT2D eigenvalue weighted by Gasteiger charge is 2.08. The number of nitrogens with zero attached hydrogens (tertiary/aromatic N) is 2. The van der Waals surface area contributed by atoms with Gasteiger partial charge in [-0.15, -0.1) is 10.2 Å². The molecule has 0 unspecified atom stereocenters. The second kappa shape index (κ2) is 7.52. The van der Waals surface area contributed by atoms with E-state index < -0.39 is 0 Å². The molecule has 1 amide bonds. The van der Waals surface area contributed by atoms with Crippen molar-refractivity contribution in [3.05, 3.63) is 66.2 Å². The van der Waals surface area contributed by atoms with Gasteiger partial charge in [-0.25, -0.2) is 0 Å². The van der Waals surface area contributed by atoms with E-state index in [9.17, 15) is 4.79 Å². The van der Waals surface area contributed by atoms with Gasteiger partial charge in [-0.1, -0.05) is 41.7 Å². The molecule has 5 nitrogen and oxygen atoms in total. The molecule has 2 aromatic carbocycles. The number of hydrogen-bond acceptors (Lipinski definition) is 5. The first-order valence-corrected chi connectivity index (χ1v) is 8.08. The molecule has 0 bridgehead atoms. The van der Waals surface area contributed by atoms with Crippen LogP contribution >= 0.6 is 11.3 Å². The van der Waals surface area contributed by atoms with Crippen molar-refractivity contribution >= 4 is 28.5 Å². The molecule has 24 heavy (non-hydrogen) atoms. The van der Waals surface area contributed by atoms with Crippen LogP contribution in [0.15, 0.2) is 60.7 Å². The number of methoxy groups -OCH3 is 1. The predicted octanol–water partition coefficient (Wildman–Crippen LogP) is 3.87. The molecule has 0 radical (unpaired) electrons. The molecule has 0 spiro atoms. The van der Waals surface area contributed by atoms with Gasteiger partial charge in [0.1, 0.15) is 10.8 Å². The van der Waals surface area contributed by atoms with Crippen molar-refractivity contribution in [1.29, 1.82) is 0 Å². The van der Waals surface area contributed by atoms with Gasteiger partial charge in [-0.2, -0.15) is 0 Å². The van der Waals surface area contributed by atoms with Crippen LogP contribution in [-0.2, 0) is 4.79 Å². The molecule has 1 heterocycles. The molecule has 0 aliphatic rings. The Kier molecular flexibility index (Phi) is 4.98. The SMILES string of the molecule is COc1ccc(-c2nnc(NC(=O)/C=C/c3ccccc3)s2)cc1. The lowest BCUT2D eigenvalue weighted by molar-refractivity contribution is -0.111. The van der Waals surface area contributed by atoms with Crippen LogP contribution in [0.2, 0.25) is 0 Å². The highest BCUT2D eigenvalue weighted by atomic mass is 32.1. The topological polar surface area (TPSA) is 64.1 Å². The van der Waals surface area contributed by atoms with Crippen molar-refractivity contribution in [2.75, 3.05) is 12.4 Å². The third kappa shape index (κ3) is 4.05. The summed E-state index contributed by atoms with van der Waals surface area (Å²) in [6.45, 7) is 0. The highest BCUT2D eigenvalue weighted by Crippen LogP contribution is 2.27. The van der Waals surface area contributed by atoms with Crippen LogP contribution in [0.1, 0.15) is 5.56 Å². The van der Waals surface area contributed by atoms with Crippen LogP contribution in [0, 0.1) is 0 Å². The third-order valence-corrected chi connectivity index (χ3v) is 4.11. The van der Waals surface area contributed by atoms with E-state index in [1.807, 2.05) is 54.6 Å². The fraction of sp³-hybridized carbons (Fsp3) is 0.0556. The summed E-state index contributed by atoms with van der Waals surface area (Å²) in [4.78, 5) is 11.9. The third-order valence-electron chi connectivity index (χ3n) is 3.22. The highest BCUT2D eigenvalue weighted by molar-refractivity contribution is 7.18. The Labute approximate surface area is 143 Å². The molecular formula is C18H15N3O2S. The fourth-order valence-corrected chi connectivity index (χ4v) is 2.76. The van der Waals surface area contributed by atoms with Crippen molar-refractivity contribution in [3.8, 4) is 16.3 Å². The Hall–Kier alpha value is -2.99. The van der Waals surface area contributed by atoms with Gasteiger partial charge in [0.2, 0.25) is 11.0 Å². The minimum atomic E-state index is -0.240. The van der Waals surface area contributed by atoms with Crippen LogP contribution in [0.25, 0.3) is 16.6 Å². The summed E-state index contributed by atoms with van der Waals surface area (Å²) in [5.41, 5.74) is 1.89. The molecule has 3 rings (SSSR count). The van der Waals surface area contributed by atoms with E-state index in [4.69, 9.17) is 4.74 Å². The molecule has 120 valence electrons. The number of aromatic nitrogens is 2. The van der Waals surface area contributed by atoms with Crippen molar-refractivity contribution in [3.63, 3.8) is 0 Å². The normalized spacial score (nSPS) is 10.7. The smallest absolute Gasteiger partial charge is 0.250 e. The van der Waals surface area contributed by atoms with Gasteiger partial charge in [0, 0.05) is 11.6 Å². The fourth-order valence-electron chi connectivity index (χ4n) is 2.01. The minimum absolute atomic E-state index is 0.240. The number of anilines is 1. The lowest BCUT2D eigenvalue weighted by Crippen LogP contribution is -2.07. The zero-order valence-corrected chi connectivity index (χ0v) is 13.8. The number of benzene rings is 2. The number of carbonyl (C=O) groups is 1. The van der Waals surface area contributed by atoms with Gasteiger partial charge in [0.15, 0.2) is 0 Å². The molecule has 0 saturated carbocycles. The second-order valence-corrected chi connectivity index (χ2v) is 5.85. The van der Waals surface area contributed by atoms with E-state index in [0.717, 1.165) is 21.9 Å². The lowest BCUT2D eigenvalue weighted by atomic mass is 10.2. The van der Waals surface area contributed by atoms with E-state index >= 15 is 0 Å². The number of nitrogens with one attached hydrogen (secondary N) is 1. The Morgan fingerprint density at radius 3 is 2.54 bits per heavy atom. The average molecular weight is 337 g/mol. The number of rotatable bonds is 5.